The Bertz CT molecular complexity index is 547. The fraction of sp³-hybridized carbons (Fsp3) is 0.143. The molecular formula is C14H11F3O. The van der Waals surface area contributed by atoms with Gasteiger partial charge in [-0.05, 0) is 35.7 Å². The van der Waals surface area contributed by atoms with Crippen molar-refractivity contribution < 1.29 is 17.9 Å². The lowest BCUT2D eigenvalue weighted by Gasteiger charge is -2.11. The topological polar surface area (TPSA) is 9.23 Å². The minimum Gasteiger partial charge on any atom is -0.406 e. The summed E-state index contributed by atoms with van der Waals surface area (Å²) in [6, 6.07) is 13.5. The van der Waals surface area contributed by atoms with Crippen molar-refractivity contribution in [2.75, 3.05) is 0 Å². The smallest absolute Gasteiger partial charge is 0.406 e. The Morgan fingerprint density at radius 1 is 0.944 bits per heavy atom. The van der Waals surface area contributed by atoms with Crippen LogP contribution in [0.15, 0.2) is 48.5 Å². The van der Waals surface area contributed by atoms with Crippen LogP contribution in [0, 0.1) is 6.92 Å². The maximum Gasteiger partial charge on any atom is 0.573 e. The summed E-state index contributed by atoms with van der Waals surface area (Å²) in [6.45, 7) is 1.91. The van der Waals surface area contributed by atoms with Gasteiger partial charge in [-0.25, -0.2) is 0 Å². The Morgan fingerprint density at radius 3 is 2.33 bits per heavy atom. The van der Waals surface area contributed by atoms with Crippen LogP contribution in [0.1, 0.15) is 5.56 Å². The van der Waals surface area contributed by atoms with Crippen LogP contribution in [0.2, 0.25) is 0 Å². The van der Waals surface area contributed by atoms with Gasteiger partial charge in [0.05, 0.1) is 0 Å². The first-order valence-corrected chi connectivity index (χ1v) is 5.37. The molecule has 0 N–H and O–H groups in total. The fourth-order valence-electron chi connectivity index (χ4n) is 1.76. The van der Waals surface area contributed by atoms with Gasteiger partial charge in [-0.2, -0.15) is 0 Å². The highest BCUT2D eigenvalue weighted by atomic mass is 19.4. The Kier molecular flexibility index (Phi) is 3.28. The third kappa shape index (κ3) is 3.03. The van der Waals surface area contributed by atoms with Crippen molar-refractivity contribution in [2.45, 2.75) is 13.3 Å². The van der Waals surface area contributed by atoms with Gasteiger partial charge >= 0.3 is 6.36 Å². The number of halogens is 3. The molecule has 0 aliphatic carbocycles. The van der Waals surface area contributed by atoms with Gasteiger partial charge in [-0.3, -0.25) is 0 Å². The molecule has 0 saturated carbocycles. The monoisotopic (exact) mass is 252 g/mol. The molecular weight excluding hydrogens is 241 g/mol. The average molecular weight is 252 g/mol. The van der Waals surface area contributed by atoms with Crippen LogP contribution in [-0.4, -0.2) is 6.36 Å². The van der Waals surface area contributed by atoms with E-state index in [2.05, 4.69) is 4.74 Å². The number of rotatable bonds is 2. The van der Waals surface area contributed by atoms with Gasteiger partial charge in [-0.1, -0.05) is 36.4 Å². The highest BCUT2D eigenvalue weighted by Crippen LogP contribution is 2.29. The molecule has 0 aliphatic rings. The van der Waals surface area contributed by atoms with Gasteiger partial charge in [0.2, 0.25) is 0 Å². The predicted octanol–water partition coefficient (Wildman–Crippen LogP) is 4.56. The maximum atomic E-state index is 12.1. The second kappa shape index (κ2) is 4.72. The van der Waals surface area contributed by atoms with E-state index >= 15 is 0 Å². The van der Waals surface area contributed by atoms with Crippen molar-refractivity contribution >= 4 is 0 Å². The van der Waals surface area contributed by atoms with Crippen LogP contribution in [-0.2, 0) is 0 Å². The fourth-order valence-corrected chi connectivity index (χ4v) is 1.76. The Labute approximate surface area is 103 Å². The van der Waals surface area contributed by atoms with Gasteiger partial charge in [-0.15, -0.1) is 13.2 Å². The Balaban J connectivity index is 2.36. The molecule has 0 fully saturated rings. The zero-order valence-corrected chi connectivity index (χ0v) is 9.66. The Morgan fingerprint density at radius 2 is 1.67 bits per heavy atom. The van der Waals surface area contributed by atoms with Crippen molar-refractivity contribution in [3.8, 4) is 16.9 Å². The van der Waals surface area contributed by atoms with Crippen LogP contribution in [0.25, 0.3) is 11.1 Å². The largest absolute Gasteiger partial charge is 0.573 e. The van der Waals surface area contributed by atoms with Crippen molar-refractivity contribution in [1.29, 1.82) is 0 Å². The van der Waals surface area contributed by atoms with Gasteiger partial charge in [0, 0.05) is 0 Å². The molecule has 0 atom stereocenters. The van der Waals surface area contributed by atoms with Gasteiger partial charge in [0.25, 0.3) is 0 Å². The Hall–Kier alpha value is -1.97. The molecule has 0 amide bonds. The normalized spacial score (nSPS) is 11.3. The third-order valence-electron chi connectivity index (χ3n) is 2.52. The molecule has 0 unspecified atom stereocenters. The molecule has 0 saturated heterocycles. The van der Waals surface area contributed by atoms with E-state index in [4.69, 9.17) is 0 Å². The van der Waals surface area contributed by atoms with E-state index in [0.717, 1.165) is 11.1 Å². The maximum absolute atomic E-state index is 12.1. The van der Waals surface area contributed by atoms with Crippen molar-refractivity contribution in [3.05, 3.63) is 54.1 Å². The number of benzene rings is 2. The van der Waals surface area contributed by atoms with E-state index in [1.54, 1.807) is 12.1 Å². The first kappa shape index (κ1) is 12.5. The second-order valence-corrected chi connectivity index (χ2v) is 3.89. The van der Waals surface area contributed by atoms with Crippen LogP contribution in [0.3, 0.4) is 0 Å². The summed E-state index contributed by atoms with van der Waals surface area (Å²) in [5.74, 6) is -0.205. The molecule has 0 aromatic heterocycles. The molecule has 4 heteroatoms. The summed E-state index contributed by atoms with van der Waals surface area (Å²) >= 11 is 0. The van der Waals surface area contributed by atoms with Crippen molar-refractivity contribution in [2.24, 2.45) is 0 Å². The quantitative estimate of drug-likeness (QED) is 0.761. The number of alkyl halides is 3. The lowest BCUT2D eigenvalue weighted by Crippen LogP contribution is -2.17. The van der Waals surface area contributed by atoms with Crippen LogP contribution in [0.4, 0.5) is 13.2 Å². The molecule has 0 aliphatic heterocycles. The standard InChI is InChI=1S/C14H11F3O/c1-10-5-2-3-8-13(10)11-6-4-7-12(9-11)18-14(15,16)17/h2-9H,1H3. The van der Waals surface area contributed by atoms with Gasteiger partial charge in [0.1, 0.15) is 5.75 Å². The summed E-state index contributed by atoms with van der Waals surface area (Å²) in [7, 11) is 0. The van der Waals surface area contributed by atoms with E-state index in [1.807, 2.05) is 31.2 Å². The molecule has 0 radical (unpaired) electrons. The molecule has 0 heterocycles. The molecule has 2 aromatic rings. The van der Waals surface area contributed by atoms with E-state index < -0.39 is 6.36 Å². The molecule has 1 nitrogen and oxygen atoms in total. The van der Waals surface area contributed by atoms with Crippen LogP contribution in [0.5, 0.6) is 5.75 Å². The number of hydrogen-bond acceptors (Lipinski definition) is 1. The second-order valence-electron chi connectivity index (χ2n) is 3.89. The minimum absolute atomic E-state index is 0.205. The van der Waals surface area contributed by atoms with Crippen molar-refractivity contribution in [3.63, 3.8) is 0 Å². The van der Waals surface area contributed by atoms with Crippen LogP contribution < -0.4 is 4.74 Å². The SMILES string of the molecule is Cc1ccccc1-c1cccc(OC(F)(F)F)c1. The molecule has 2 aromatic carbocycles. The molecule has 2 rings (SSSR count). The minimum atomic E-state index is -4.66. The van der Waals surface area contributed by atoms with Gasteiger partial charge in [0.15, 0.2) is 0 Å². The summed E-state index contributed by atoms with van der Waals surface area (Å²) in [5, 5.41) is 0. The predicted molar refractivity (Wildman–Crippen MR) is 63.3 cm³/mol. The van der Waals surface area contributed by atoms with E-state index in [0.29, 0.717) is 5.56 Å². The highest BCUT2D eigenvalue weighted by Gasteiger charge is 2.31. The summed E-state index contributed by atoms with van der Waals surface area (Å²) < 4.78 is 40.3. The zero-order chi connectivity index (χ0) is 13.2. The molecule has 0 spiro atoms. The first-order chi connectivity index (χ1) is 8.46. The molecule has 0 bridgehead atoms. The molecule has 18 heavy (non-hydrogen) atoms. The molecule has 94 valence electrons. The number of aryl methyl sites for hydroxylation is 1. The zero-order valence-electron chi connectivity index (χ0n) is 9.66. The number of hydrogen-bond donors (Lipinski definition) is 0. The summed E-state index contributed by atoms with van der Waals surface area (Å²) in [6.07, 6.45) is -4.66. The van der Waals surface area contributed by atoms with E-state index in [9.17, 15) is 13.2 Å². The highest BCUT2D eigenvalue weighted by molar-refractivity contribution is 5.68. The van der Waals surface area contributed by atoms with Crippen molar-refractivity contribution in [1.82, 2.24) is 0 Å². The van der Waals surface area contributed by atoms with E-state index in [-0.39, 0.29) is 5.75 Å². The average Bonchev–Trinajstić information content (AvgIpc) is 2.27. The van der Waals surface area contributed by atoms with Gasteiger partial charge < -0.3 is 4.74 Å². The first-order valence-electron chi connectivity index (χ1n) is 5.37. The summed E-state index contributed by atoms with van der Waals surface area (Å²) in [5.41, 5.74) is 2.60. The third-order valence-corrected chi connectivity index (χ3v) is 2.52. The summed E-state index contributed by atoms with van der Waals surface area (Å²) in [4.78, 5) is 0. The number of ether oxygens (including phenoxy) is 1. The van der Waals surface area contributed by atoms with Crippen LogP contribution >= 0.6 is 0 Å². The lowest BCUT2D eigenvalue weighted by molar-refractivity contribution is -0.274. The lowest BCUT2D eigenvalue weighted by atomic mass is 10.0. The van der Waals surface area contributed by atoms with E-state index in [1.165, 1.54) is 12.1 Å².